The Morgan fingerprint density at radius 1 is 0.364 bits per heavy atom. The zero-order valence-electron chi connectivity index (χ0n) is 16.5. The maximum Gasteiger partial charge on any atom is 0.0786 e. The summed E-state index contributed by atoms with van der Waals surface area (Å²) in [6.07, 6.45) is 18.5. The van der Waals surface area contributed by atoms with E-state index >= 15 is 0 Å². The summed E-state index contributed by atoms with van der Waals surface area (Å²) in [5.74, 6) is 0. The monoisotopic (exact) mass is 312 g/mol. The molecule has 22 heavy (non-hydrogen) atoms. The minimum Gasteiger partial charge on any atom is -0.324 e. The van der Waals surface area contributed by atoms with Gasteiger partial charge in [-0.3, -0.25) is 0 Å². The highest BCUT2D eigenvalue weighted by Crippen LogP contribution is 2.16. The second kappa shape index (κ2) is 15.8. The Hall–Kier alpha value is -0.0400. The van der Waals surface area contributed by atoms with E-state index in [1.807, 2.05) is 0 Å². The van der Waals surface area contributed by atoms with Crippen molar-refractivity contribution in [2.24, 2.45) is 0 Å². The number of hydrogen-bond donors (Lipinski definition) is 0. The van der Waals surface area contributed by atoms with Crippen LogP contribution in [0.3, 0.4) is 0 Å². The van der Waals surface area contributed by atoms with Crippen LogP contribution in [-0.2, 0) is 0 Å². The zero-order valence-corrected chi connectivity index (χ0v) is 16.5. The second-order valence-corrected chi connectivity index (χ2v) is 7.42. The molecule has 0 bridgehead atoms. The van der Waals surface area contributed by atoms with Gasteiger partial charge in [0.1, 0.15) is 0 Å². The van der Waals surface area contributed by atoms with Crippen molar-refractivity contribution < 1.29 is 4.48 Å². The minimum absolute atomic E-state index is 1.35. The first-order valence-electron chi connectivity index (χ1n) is 10.6. The molecule has 1 nitrogen and oxygen atoms in total. The molecule has 0 unspecified atom stereocenters. The Balaban J connectivity index is 3.86. The second-order valence-electron chi connectivity index (χ2n) is 7.42. The molecule has 0 amide bonds. The fraction of sp³-hybridized carbons (Fsp3) is 1.00. The van der Waals surface area contributed by atoms with Gasteiger partial charge in [-0.05, 0) is 32.1 Å². The molecule has 0 N–H and O–H groups in total. The van der Waals surface area contributed by atoms with Crippen LogP contribution in [0.5, 0.6) is 0 Å². The van der Waals surface area contributed by atoms with Crippen LogP contribution in [0, 0.1) is 0 Å². The number of quaternary nitrogens is 1. The van der Waals surface area contributed by atoms with E-state index < -0.39 is 0 Å². The van der Waals surface area contributed by atoms with Crippen molar-refractivity contribution >= 4 is 0 Å². The highest BCUT2D eigenvalue weighted by Gasteiger charge is 2.24. The maximum absolute atomic E-state index is 2.37. The minimum atomic E-state index is 1.35. The summed E-state index contributed by atoms with van der Waals surface area (Å²) in [6, 6.07) is 0. The standard InChI is InChI=1S/C21H46N/c1-5-9-11-12-13-14-15-16-17-21-22(18-7-3,19-8-4)20-10-6-2/h5-21H2,1-4H3/q+1. The van der Waals surface area contributed by atoms with Crippen molar-refractivity contribution in [3.63, 3.8) is 0 Å². The average molecular weight is 313 g/mol. The predicted molar refractivity (Wildman–Crippen MR) is 102 cm³/mol. The Bertz CT molecular complexity index is 206. The third-order valence-electron chi connectivity index (χ3n) is 5.12. The summed E-state index contributed by atoms with van der Waals surface area (Å²) in [5.41, 5.74) is 0. The molecule has 0 aliphatic carbocycles. The molecule has 0 aliphatic heterocycles. The molecule has 0 saturated carbocycles. The third kappa shape index (κ3) is 11.5. The van der Waals surface area contributed by atoms with Crippen LogP contribution in [0.25, 0.3) is 0 Å². The highest BCUT2D eigenvalue weighted by atomic mass is 15.3. The Morgan fingerprint density at radius 3 is 1.23 bits per heavy atom. The van der Waals surface area contributed by atoms with Crippen molar-refractivity contribution in [1.29, 1.82) is 0 Å². The van der Waals surface area contributed by atoms with E-state index in [1.54, 1.807) is 0 Å². The average Bonchev–Trinajstić information content (AvgIpc) is 2.52. The Labute approximate surface area is 142 Å². The van der Waals surface area contributed by atoms with Gasteiger partial charge in [-0.25, -0.2) is 0 Å². The van der Waals surface area contributed by atoms with Gasteiger partial charge >= 0.3 is 0 Å². The van der Waals surface area contributed by atoms with Gasteiger partial charge in [-0.2, -0.15) is 0 Å². The predicted octanol–water partition coefficient (Wildman–Crippen LogP) is 6.95. The Morgan fingerprint density at radius 2 is 0.773 bits per heavy atom. The molecule has 0 aromatic heterocycles. The molecule has 0 spiro atoms. The molecule has 0 aromatic carbocycles. The summed E-state index contributed by atoms with van der Waals surface area (Å²) < 4.78 is 1.41. The summed E-state index contributed by atoms with van der Waals surface area (Å²) in [4.78, 5) is 0. The van der Waals surface area contributed by atoms with Gasteiger partial charge in [0.05, 0.1) is 26.2 Å². The van der Waals surface area contributed by atoms with Gasteiger partial charge in [-0.15, -0.1) is 0 Å². The largest absolute Gasteiger partial charge is 0.324 e. The summed E-state index contributed by atoms with van der Waals surface area (Å²) >= 11 is 0. The molecule has 134 valence electrons. The highest BCUT2D eigenvalue weighted by molar-refractivity contribution is 4.50. The number of rotatable bonds is 17. The molecular weight excluding hydrogens is 266 g/mol. The lowest BCUT2D eigenvalue weighted by atomic mass is 10.1. The van der Waals surface area contributed by atoms with E-state index in [4.69, 9.17) is 0 Å². The number of unbranched alkanes of at least 4 members (excludes halogenated alkanes) is 9. The molecule has 1 heteroatoms. The lowest BCUT2D eigenvalue weighted by Crippen LogP contribution is -2.50. The smallest absolute Gasteiger partial charge is 0.0786 e. The number of nitrogens with zero attached hydrogens (tertiary/aromatic N) is 1. The SMILES string of the molecule is CCCCCCCCCCC[N+](CCC)(CCC)CCCC. The molecule has 0 saturated heterocycles. The van der Waals surface area contributed by atoms with Crippen LogP contribution in [0.1, 0.15) is 111 Å². The molecule has 0 fully saturated rings. The zero-order chi connectivity index (χ0) is 16.5. The van der Waals surface area contributed by atoms with E-state index in [-0.39, 0.29) is 0 Å². The van der Waals surface area contributed by atoms with Crippen LogP contribution >= 0.6 is 0 Å². The van der Waals surface area contributed by atoms with Crippen LogP contribution in [0.2, 0.25) is 0 Å². The van der Waals surface area contributed by atoms with Crippen LogP contribution in [0.15, 0.2) is 0 Å². The third-order valence-corrected chi connectivity index (χ3v) is 5.12. The van der Waals surface area contributed by atoms with Gasteiger partial charge in [-0.1, -0.05) is 79.1 Å². The van der Waals surface area contributed by atoms with Crippen molar-refractivity contribution in [2.75, 3.05) is 26.2 Å². The summed E-state index contributed by atoms with van der Waals surface area (Å²) in [6.45, 7) is 15.1. The fourth-order valence-electron chi connectivity index (χ4n) is 3.87. The lowest BCUT2D eigenvalue weighted by Gasteiger charge is -2.39. The van der Waals surface area contributed by atoms with Crippen LogP contribution < -0.4 is 0 Å². The van der Waals surface area contributed by atoms with Gasteiger partial charge in [0, 0.05) is 0 Å². The lowest BCUT2D eigenvalue weighted by molar-refractivity contribution is -0.928. The molecule has 0 radical (unpaired) electrons. The van der Waals surface area contributed by atoms with Crippen molar-refractivity contribution in [1.82, 2.24) is 0 Å². The molecule has 0 aliphatic rings. The molecule has 0 rings (SSSR count). The van der Waals surface area contributed by atoms with E-state index in [0.29, 0.717) is 0 Å². The van der Waals surface area contributed by atoms with Crippen molar-refractivity contribution in [2.45, 2.75) is 111 Å². The fourth-order valence-corrected chi connectivity index (χ4v) is 3.87. The normalized spacial score (nSPS) is 12.0. The topological polar surface area (TPSA) is 0 Å². The van der Waals surface area contributed by atoms with Gasteiger partial charge < -0.3 is 4.48 Å². The first-order valence-corrected chi connectivity index (χ1v) is 10.6. The quantitative estimate of drug-likeness (QED) is 0.201. The van der Waals surface area contributed by atoms with Crippen molar-refractivity contribution in [3.05, 3.63) is 0 Å². The van der Waals surface area contributed by atoms with Crippen molar-refractivity contribution in [3.8, 4) is 0 Å². The van der Waals surface area contributed by atoms with E-state index in [1.165, 1.54) is 114 Å². The van der Waals surface area contributed by atoms with E-state index in [9.17, 15) is 0 Å². The summed E-state index contributed by atoms with van der Waals surface area (Å²) in [7, 11) is 0. The van der Waals surface area contributed by atoms with Crippen LogP contribution in [-0.4, -0.2) is 30.7 Å². The summed E-state index contributed by atoms with van der Waals surface area (Å²) in [5, 5.41) is 0. The molecule has 0 atom stereocenters. The first kappa shape index (κ1) is 22.0. The van der Waals surface area contributed by atoms with E-state index in [0.717, 1.165) is 0 Å². The van der Waals surface area contributed by atoms with E-state index in [2.05, 4.69) is 27.7 Å². The van der Waals surface area contributed by atoms with Gasteiger partial charge in [0.2, 0.25) is 0 Å². The number of hydrogen-bond acceptors (Lipinski definition) is 0. The van der Waals surface area contributed by atoms with Gasteiger partial charge in [0.15, 0.2) is 0 Å². The maximum atomic E-state index is 2.37. The Kier molecular flexibility index (Phi) is 15.8. The molecular formula is C21H46N+. The molecule has 0 heterocycles. The first-order chi connectivity index (χ1) is 10.7. The molecule has 0 aromatic rings. The van der Waals surface area contributed by atoms with Gasteiger partial charge in [0.25, 0.3) is 0 Å². The van der Waals surface area contributed by atoms with Crippen LogP contribution in [0.4, 0.5) is 0 Å².